The number of sulfone groups is 1. The van der Waals surface area contributed by atoms with Crippen LogP contribution in [0, 0.1) is 0 Å². The summed E-state index contributed by atoms with van der Waals surface area (Å²) in [5.74, 6) is -3.48. The minimum atomic E-state index is -4.02. The summed E-state index contributed by atoms with van der Waals surface area (Å²) in [4.78, 5) is 43.0. The van der Waals surface area contributed by atoms with Crippen LogP contribution in [0.4, 0.5) is 5.69 Å². The van der Waals surface area contributed by atoms with E-state index in [2.05, 4.69) is 4.99 Å². The molecule has 0 fully saturated rings. The predicted octanol–water partition coefficient (Wildman–Crippen LogP) is 2.24. The number of carbonyl (C=O) groups excluding carboxylic acids is 3. The number of thiazole rings is 1. The highest BCUT2D eigenvalue weighted by Crippen LogP contribution is 2.27. The second-order valence-electron chi connectivity index (χ2n) is 8.16. The third kappa shape index (κ3) is 5.51. The van der Waals surface area contributed by atoms with E-state index in [1.807, 2.05) is 18.2 Å². The number of hydrogen-bond donors (Lipinski definition) is 0. The summed E-state index contributed by atoms with van der Waals surface area (Å²) < 4.78 is 32.7. The number of fused-ring (bicyclic) bond motifs is 2. The van der Waals surface area contributed by atoms with Crippen molar-refractivity contribution in [2.45, 2.75) is 19.8 Å². The quantitative estimate of drug-likeness (QED) is 0.465. The molecule has 0 saturated carbocycles. The highest BCUT2D eigenvalue weighted by atomic mass is 32.2. The smallest absolute Gasteiger partial charge is 0.338 e. The molecule has 0 saturated heterocycles. The van der Waals surface area contributed by atoms with E-state index >= 15 is 0 Å². The SMILES string of the molecule is CCOC(=O)c1ccc2c(c1)sc(=NC(=O)CS(=O)(=O)CC(=O)N1CCCc3ccccc31)n2C. The molecule has 11 heteroatoms. The maximum atomic E-state index is 12.8. The molecule has 0 N–H and O–H groups in total. The van der Waals surface area contributed by atoms with Gasteiger partial charge in [-0.3, -0.25) is 9.59 Å². The van der Waals surface area contributed by atoms with Gasteiger partial charge in [0.2, 0.25) is 5.91 Å². The van der Waals surface area contributed by atoms with Gasteiger partial charge in [-0.25, -0.2) is 13.2 Å². The average Bonchev–Trinajstić information content (AvgIpc) is 3.12. The molecule has 0 spiro atoms. The molecule has 1 aliphatic rings. The van der Waals surface area contributed by atoms with Crippen molar-refractivity contribution in [1.29, 1.82) is 0 Å². The second kappa shape index (κ2) is 10.1. The molecule has 3 aromatic rings. The monoisotopic (exact) mass is 515 g/mol. The standard InChI is InChI=1S/C24H25N3O6S2/c1-3-33-23(30)17-10-11-19-20(13-17)34-24(26(19)2)25-21(28)14-35(31,32)15-22(29)27-12-6-8-16-7-4-5-9-18(16)27/h4-5,7,9-11,13H,3,6,8,12,14-15H2,1-2H3. The van der Waals surface area contributed by atoms with Crippen molar-refractivity contribution in [2.75, 3.05) is 29.6 Å². The topological polar surface area (TPSA) is 115 Å². The van der Waals surface area contributed by atoms with Crippen molar-refractivity contribution in [2.24, 2.45) is 12.0 Å². The Morgan fingerprint density at radius 3 is 2.66 bits per heavy atom. The number of anilines is 1. The van der Waals surface area contributed by atoms with Crippen molar-refractivity contribution in [3.8, 4) is 0 Å². The largest absolute Gasteiger partial charge is 0.462 e. The van der Waals surface area contributed by atoms with Crippen molar-refractivity contribution in [3.05, 3.63) is 58.4 Å². The molecule has 1 aromatic heterocycles. The van der Waals surface area contributed by atoms with Gasteiger partial charge in [0.1, 0.15) is 11.5 Å². The number of rotatable bonds is 6. The lowest BCUT2D eigenvalue weighted by Gasteiger charge is -2.29. The molecule has 2 amide bonds. The van der Waals surface area contributed by atoms with Crippen LogP contribution in [0.1, 0.15) is 29.3 Å². The van der Waals surface area contributed by atoms with Crippen LogP contribution in [0.25, 0.3) is 10.2 Å². The van der Waals surface area contributed by atoms with Gasteiger partial charge >= 0.3 is 5.97 Å². The van der Waals surface area contributed by atoms with Crippen LogP contribution in [0.15, 0.2) is 47.5 Å². The maximum Gasteiger partial charge on any atom is 0.338 e. The van der Waals surface area contributed by atoms with Gasteiger partial charge in [0.25, 0.3) is 5.91 Å². The molecular weight excluding hydrogens is 490 g/mol. The van der Waals surface area contributed by atoms with Crippen molar-refractivity contribution < 1.29 is 27.5 Å². The number of nitrogens with zero attached hydrogens (tertiary/aromatic N) is 3. The predicted molar refractivity (Wildman–Crippen MR) is 133 cm³/mol. The van der Waals surface area contributed by atoms with E-state index in [0.29, 0.717) is 16.8 Å². The van der Waals surface area contributed by atoms with Crippen LogP contribution in [0.5, 0.6) is 0 Å². The maximum absolute atomic E-state index is 12.8. The lowest BCUT2D eigenvalue weighted by Crippen LogP contribution is -2.40. The lowest BCUT2D eigenvalue weighted by atomic mass is 10.0. The van der Waals surface area contributed by atoms with E-state index in [0.717, 1.165) is 40.9 Å². The zero-order valence-electron chi connectivity index (χ0n) is 19.4. The Balaban J connectivity index is 1.50. The zero-order chi connectivity index (χ0) is 25.2. The molecule has 0 atom stereocenters. The number of esters is 1. The van der Waals surface area contributed by atoms with Crippen molar-refractivity contribution in [1.82, 2.24) is 4.57 Å². The van der Waals surface area contributed by atoms with Gasteiger partial charge in [-0.05, 0) is 49.6 Å². The van der Waals surface area contributed by atoms with Crippen molar-refractivity contribution in [3.63, 3.8) is 0 Å². The zero-order valence-corrected chi connectivity index (χ0v) is 21.0. The van der Waals surface area contributed by atoms with E-state index in [9.17, 15) is 22.8 Å². The first-order valence-corrected chi connectivity index (χ1v) is 13.8. The van der Waals surface area contributed by atoms with Crippen molar-refractivity contribution >= 4 is 54.9 Å². The molecule has 0 unspecified atom stereocenters. The number of para-hydroxylation sites is 1. The lowest BCUT2D eigenvalue weighted by molar-refractivity contribution is -0.116. The first-order valence-electron chi connectivity index (χ1n) is 11.1. The summed E-state index contributed by atoms with van der Waals surface area (Å²) in [6, 6.07) is 12.4. The third-order valence-electron chi connectivity index (χ3n) is 5.64. The molecule has 0 radical (unpaired) electrons. The Kier molecular flexibility index (Phi) is 7.18. The Morgan fingerprint density at radius 1 is 1.11 bits per heavy atom. The first kappa shape index (κ1) is 24.8. The number of amides is 2. The van der Waals surface area contributed by atoms with E-state index in [4.69, 9.17) is 4.74 Å². The van der Waals surface area contributed by atoms with E-state index < -0.39 is 39.1 Å². The van der Waals surface area contributed by atoms with Crippen LogP contribution in [0.3, 0.4) is 0 Å². The van der Waals surface area contributed by atoms with Crippen LogP contribution in [-0.4, -0.2) is 55.4 Å². The molecule has 2 aromatic carbocycles. The van der Waals surface area contributed by atoms with E-state index in [1.165, 1.54) is 4.90 Å². The third-order valence-corrected chi connectivity index (χ3v) is 8.11. The minimum Gasteiger partial charge on any atom is -0.462 e. The molecule has 1 aliphatic heterocycles. The fourth-order valence-corrected chi connectivity index (χ4v) is 6.17. The minimum absolute atomic E-state index is 0.255. The number of benzene rings is 2. The van der Waals surface area contributed by atoms with Gasteiger partial charge in [-0.2, -0.15) is 4.99 Å². The molecule has 0 aliphatic carbocycles. The fourth-order valence-electron chi connectivity index (χ4n) is 4.02. The molecule has 9 nitrogen and oxygen atoms in total. The number of carbonyl (C=O) groups is 3. The van der Waals surface area contributed by atoms with Gasteiger partial charge < -0.3 is 14.2 Å². The van der Waals surface area contributed by atoms with Gasteiger partial charge in [0.15, 0.2) is 14.6 Å². The molecule has 184 valence electrons. The molecular formula is C24H25N3O6S2. The normalized spacial score (nSPS) is 14.1. The fraction of sp³-hybridized carbons (Fsp3) is 0.333. The summed E-state index contributed by atoms with van der Waals surface area (Å²) in [7, 11) is -2.32. The second-order valence-corrected chi connectivity index (χ2v) is 11.2. The summed E-state index contributed by atoms with van der Waals surface area (Å²) in [5, 5.41) is 0. The highest BCUT2D eigenvalue weighted by molar-refractivity contribution is 7.92. The number of ether oxygens (including phenoxy) is 1. The number of aromatic nitrogens is 1. The van der Waals surface area contributed by atoms with E-state index in [1.54, 1.807) is 42.8 Å². The number of hydrogen-bond acceptors (Lipinski definition) is 7. The molecule has 4 rings (SSSR count). The van der Waals surface area contributed by atoms with Gasteiger partial charge in [0, 0.05) is 19.3 Å². The summed E-state index contributed by atoms with van der Waals surface area (Å²) >= 11 is 1.15. The van der Waals surface area contributed by atoms with Crippen LogP contribution >= 0.6 is 11.3 Å². The molecule has 35 heavy (non-hydrogen) atoms. The van der Waals surface area contributed by atoms with Crippen LogP contribution < -0.4 is 9.70 Å². The van der Waals surface area contributed by atoms with Crippen LogP contribution in [0.2, 0.25) is 0 Å². The van der Waals surface area contributed by atoms with Gasteiger partial charge in [0.05, 0.1) is 22.4 Å². The number of aryl methyl sites for hydroxylation is 2. The van der Waals surface area contributed by atoms with Gasteiger partial charge in [-0.15, -0.1) is 0 Å². The van der Waals surface area contributed by atoms with Crippen LogP contribution in [-0.2, 0) is 37.6 Å². The Bertz CT molecular complexity index is 1490. The highest BCUT2D eigenvalue weighted by Gasteiger charge is 2.28. The Hall–Kier alpha value is -3.31. The summed E-state index contributed by atoms with van der Waals surface area (Å²) in [6.45, 7) is 2.41. The first-order chi connectivity index (χ1) is 16.7. The van der Waals surface area contributed by atoms with E-state index in [-0.39, 0.29) is 11.4 Å². The Labute approximate surface area is 206 Å². The summed E-state index contributed by atoms with van der Waals surface area (Å²) in [5.41, 5.74) is 2.82. The molecule has 2 heterocycles. The van der Waals surface area contributed by atoms with Gasteiger partial charge in [-0.1, -0.05) is 29.5 Å². The Morgan fingerprint density at radius 2 is 1.89 bits per heavy atom. The molecule has 0 bridgehead atoms. The summed E-state index contributed by atoms with van der Waals surface area (Å²) in [6.07, 6.45) is 1.58. The average molecular weight is 516 g/mol.